The van der Waals surface area contributed by atoms with Crippen molar-refractivity contribution in [3.05, 3.63) is 59.7 Å². The molecule has 5 nitrogen and oxygen atoms in total. The zero-order chi connectivity index (χ0) is 17.3. The van der Waals surface area contributed by atoms with Crippen molar-refractivity contribution < 1.29 is 13.2 Å². The normalized spacial score (nSPS) is 18.2. The number of carbonyl (C=O) groups is 1. The topological polar surface area (TPSA) is 66.5 Å². The lowest BCUT2D eigenvalue weighted by Crippen LogP contribution is -2.37. The Bertz CT molecular complexity index is 863. The van der Waals surface area contributed by atoms with Crippen molar-refractivity contribution in [1.82, 2.24) is 4.72 Å². The van der Waals surface area contributed by atoms with Crippen molar-refractivity contribution in [2.75, 3.05) is 11.4 Å². The smallest absolute Gasteiger partial charge is 0.241 e. The third-order valence-electron chi connectivity index (χ3n) is 4.13. The summed E-state index contributed by atoms with van der Waals surface area (Å²) < 4.78 is 27.9. The van der Waals surface area contributed by atoms with Crippen LogP contribution in [0.4, 0.5) is 5.69 Å². The number of hydrogen-bond donors (Lipinski definition) is 1. The SMILES string of the molecule is Cc1ccc(S(=O)(=O)NC2CC(=O)N(c3ccccc3)C2)c(C)c1. The van der Waals surface area contributed by atoms with E-state index in [1.54, 1.807) is 24.0 Å². The van der Waals surface area contributed by atoms with E-state index in [9.17, 15) is 13.2 Å². The molecule has 1 heterocycles. The number of hydrogen-bond acceptors (Lipinski definition) is 3. The van der Waals surface area contributed by atoms with Gasteiger partial charge in [0.2, 0.25) is 15.9 Å². The Morgan fingerprint density at radius 2 is 1.79 bits per heavy atom. The highest BCUT2D eigenvalue weighted by atomic mass is 32.2. The molecule has 24 heavy (non-hydrogen) atoms. The van der Waals surface area contributed by atoms with Gasteiger partial charge in [-0.2, -0.15) is 0 Å². The van der Waals surface area contributed by atoms with E-state index < -0.39 is 16.1 Å². The maximum Gasteiger partial charge on any atom is 0.241 e. The second kappa shape index (κ2) is 6.37. The molecule has 126 valence electrons. The maximum atomic E-state index is 12.6. The van der Waals surface area contributed by atoms with Crippen LogP contribution >= 0.6 is 0 Å². The fraction of sp³-hybridized carbons (Fsp3) is 0.278. The second-order valence-electron chi connectivity index (χ2n) is 6.13. The average molecular weight is 344 g/mol. The van der Waals surface area contributed by atoms with Gasteiger partial charge in [0.25, 0.3) is 0 Å². The van der Waals surface area contributed by atoms with Gasteiger partial charge < -0.3 is 4.90 Å². The van der Waals surface area contributed by atoms with E-state index in [0.29, 0.717) is 12.1 Å². The molecule has 1 saturated heterocycles. The number of rotatable bonds is 4. The van der Waals surface area contributed by atoms with Gasteiger partial charge in [0.15, 0.2) is 0 Å². The summed E-state index contributed by atoms with van der Waals surface area (Å²) in [6.07, 6.45) is 0.166. The molecule has 0 aromatic heterocycles. The summed E-state index contributed by atoms with van der Waals surface area (Å²) in [5.74, 6) is -0.0745. The number of para-hydroxylation sites is 1. The number of amides is 1. The minimum Gasteiger partial charge on any atom is -0.311 e. The number of carbonyl (C=O) groups excluding carboxylic acids is 1. The predicted octanol–water partition coefficient (Wildman–Crippen LogP) is 2.39. The summed E-state index contributed by atoms with van der Waals surface area (Å²) in [5, 5.41) is 0. The van der Waals surface area contributed by atoms with Crippen LogP contribution in [0.5, 0.6) is 0 Å². The van der Waals surface area contributed by atoms with E-state index in [4.69, 9.17) is 0 Å². The van der Waals surface area contributed by atoms with Crippen LogP contribution in [0.1, 0.15) is 17.5 Å². The molecular weight excluding hydrogens is 324 g/mol. The number of sulfonamides is 1. The zero-order valence-electron chi connectivity index (χ0n) is 13.7. The lowest BCUT2D eigenvalue weighted by Gasteiger charge is -2.17. The van der Waals surface area contributed by atoms with Gasteiger partial charge in [-0.3, -0.25) is 4.79 Å². The molecule has 0 bridgehead atoms. The molecule has 1 atom stereocenters. The van der Waals surface area contributed by atoms with E-state index in [1.807, 2.05) is 43.3 Å². The summed E-state index contributed by atoms with van der Waals surface area (Å²) in [7, 11) is -3.65. The van der Waals surface area contributed by atoms with Crippen LogP contribution in [0.2, 0.25) is 0 Å². The lowest BCUT2D eigenvalue weighted by atomic mass is 10.2. The van der Waals surface area contributed by atoms with Crippen LogP contribution in [-0.2, 0) is 14.8 Å². The molecule has 2 aromatic carbocycles. The van der Waals surface area contributed by atoms with E-state index in [1.165, 1.54) is 0 Å². The molecule has 1 aliphatic rings. The molecule has 1 fully saturated rings. The number of anilines is 1. The van der Waals surface area contributed by atoms with Gasteiger partial charge in [-0.05, 0) is 37.6 Å². The van der Waals surface area contributed by atoms with Crippen molar-refractivity contribution in [3.63, 3.8) is 0 Å². The molecule has 3 rings (SSSR count). The van der Waals surface area contributed by atoms with E-state index in [-0.39, 0.29) is 17.2 Å². The monoisotopic (exact) mass is 344 g/mol. The van der Waals surface area contributed by atoms with Crippen LogP contribution in [0.15, 0.2) is 53.4 Å². The quantitative estimate of drug-likeness (QED) is 0.926. The molecule has 0 aliphatic carbocycles. The van der Waals surface area contributed by atoms with E-state index in [0.717, 1.165) is 11.3 Å². The molecule has 2 aromatic rings. The van der Waals surface area contributed by atoms with Gasteiger partial charge in [0.1, 0.15) is 0 Å². The van der Waals surface area contributed by atoms with Crippen LogP contribution in [0, 0.1) is 13.8 Å². The first-order valence-corrected chi connectivity index (χ1v) is 9.30. The Morgan fingerprint density at radius 3 is 2.46 bits per heavy atom. The van der Waals surface area contributed by atoms with Gasteiger partial charge in [0.05, 0.1) is 4.90 Å². The van der Waals surface area contributed by atoms with E-state index in [2.05, 4.69) is 4.72 Å². The molecular formula is C18H20N2O3S. The Hall–Kier alpha value is -2.18. The Labute approximate surface area is 142 Å². The first-order chi connectivity index (χ1) is 11.4. The van der Waals surface area contributed by atoms with Crippen LogP contribution in [0.3, 0.4) is 0 Å². The van der Waals surface area contributed by atoms with Gasteiger partial charge in [0, 0.05) is 24.7 Å². The van der Waals surface area contributed by atoms with Gasteiger partial charge in [-0.15, -0.1) is 0 Å². The fourth-order valence-corrected chi connectivity index (χ4v) is 4.48. The van der Waals surface area contributed by atoms with Crippen molar-refractivity contribution in [2.24, 2.45) is 0 Å². The number of aryl methyl sites for hydroxylation is 2. The van der Waals surface area contributed by atoms with Crippen LogP contribution < -0.4 is 9.62 Å². The highest BCUT2D eigenvalue weighted by Gasteiger charge is 2.33. The molecule has 1 N–H and O–H groups in total. The Balaban J connectivity index is 1.78. The highest BCUT2D eigenvalue weighted by molar-refractivity contribution is 7.89. The molecule has 0 radical (unpaired) electrons. The average Bonchev–Trinajstić information content (AvgIpc) is 2.87. The molecule has 1 unspecified atom stereocenters. The molecule has 6 heteroatoms. The summed E-state index contributed by atoms with van der Waals surface area (Å²) >= 11 is 0. The third-order valence-corrected chi connectivity index (χ3v) is 5.82. The summed E-state index contributed by atoms with van der Waals surface area (Å²) in [6.45, 7) is 4.04. The zero-order valence-corrected chi connectivity index (χ0v) is 14.5. The largest absolute Gasteiger partial charge is 0.311 e. The summed E-state index contributed by atoms with van der Waals surface area (Å²) in [4.78, 5) is 14.1. The van der Waals surface area contributed by atoms with Crippen molar-refractivity contribution >= 4 is 21.6 Å². The lowest BCUT2D eigenvalue weighted by molar-refractivity contribution is -0.117. The second-order valence-corrected chi connectivity index (χ2v) is 7.81. The highest BCUT2D eigenvalue weighted by Crippen LogP contribution is 2.23. The molecule has 1 aliphatic heterocycles. The maximum absolute atomic E-state index is 12.6. The molecule has 0 saturated carbocycles. The number of nitrogens with one attached hydrogen (secondary N) is 1. The van der Waals surface area contributed by atoms with Crippen molar-refractivity contribution in [3.8, 4) is 0 Å². The van der Waals surface area contributed by atoms with Gasteiger partial charge in [-0.1, -0.05) is 35.9 Å². The first-order valence-electron chi connectivity index (χ1n) is 7.82. The molecule has 1 amide bonds. The van der Waals surface area contributed by atoms with Crippen LogP contribution in [-0.4, -0.2) is 26.9 Å². The first kappa shape index (κ1) is 16.7. The van der Waals surface area contributed by atoms with Gasteiger partial charge in [-0.25, -0.2) is 13.1 Å². The van der Waals surface area contributed by atoms with Gasteiger partial charge >= 0.3 is 0 Å². The number of benzene rings is 2. The minimum absolute atomic E-state index is 0.0745. The summed E-state index contributed by atoms with van der Waals surface area (Å²) in [6, 6.07) is 14.1. The summed E-state index contributed by atoms with van der Waals surface area (Å²) in [5.41, 5.74) is 2.50. The third kappa shape index (κ3) is 3.34. The van der Waals surface area contributed by atoms with Crippen molar-refractivity contribution in [2.45, 2.75) is 31.2 Å². The predicted molar refractivity (Wildman–Crippen MR) is 93.4 cm³/mol. The minimum atomic E-state index is -3.65. The Kier molecular flexibility index (Phi) is 4.43. The Morgan fingerprint density at radius 1 is 1.08 bits per heavy atom. The fourth-order valence-electron chi connectivity index (χ4n) is 3.03. The van der Waals surface area contributed by atoms with E-state index >= 15 is 0 Å². The standard InChI is InChI=1S/C18H20N2O3S/c1-13-8-9-17(14(2)10-13)24(22,23)19-15-11-18(21)20(12-15)16-6-4-3-5-7-16/h3-10,15,19H,11-12H2,1-2H3. The molecule has 0 spiro atoms. The van der Waals surface area contributed by atoms with Crippen molar-refractivity contribution in [1.29, 1.82) is 0 Å². The number of nitrogens with zero attached hydrogens (tertiary/aromatic N) is 1. The van der Waals surface area contributed by atoms with Crippen LogP contribution in [0.25, 0.3) is 0 Å².